The number of piperazine rings is 1. The SMILES string of the molecule is CCCN1CCN(CC=C(C)C)C(CCO)C1. The normalized spacial score (nSPS) is 22.7. The Bertz CT molecular complexity index is 236. The molecule has 1 rings (SSSR count). The van der Waals surface area contributed by atoms with Crippen molar-refractivity contribution in [3.05, 3.63) is 11.6 Å². The average Bonchev–Trinajstić information content (AvgIpc) is 2.28. The van der Waals surface area contributed by atoms with Crippen molar-refractivity contribution < 1.29 is 5.11 Å². The van der Waals surface area contributed by atoms with Gasteiger partial charge < -0.3 is 10.0 Å². The molecule has 1 unspecified atom stereocenters. The van der Waals surface area contributed by atoms with Gasteiger partial charge in [0.15, 0.2) is 0 Å². The summed E-state index contributed by atoms with van der Waals surface area (Å²) >= 11 is 0. The molecule has 1 fully saturated rings. The molecular formula is C14H28N2O. The van der Waals surface area contributed by atoms with Crippen LogP contribution in [0.1, 0.15) is 33.6 Å². The van der Waals surface area contributed by atoms with Gasteiger partial charge in [-0.05, 0) is 33.2 Å². The summed E-state index contributed by atoms with van der Waals surface area (Å²) in [6, 6.07) is 0.524. The van der Waals surface area contributed by atoms with Crippen molar-refractivity contribution in [2.45, 2.75) is 39.7 Å². The predicted octanol–water partition coefficient (Wildman–Crippen LogP) is 1.73. The Labute approximate surface area is 106 Å². The molecule has 0 aromatic heterocycles. The summed E-state index contributed by atoms with van der Waals surface area (Å²) in [5.41, 5.74) is 1.38. The van der Waals surface area contributed by atoms with E-state index in [9.17, 15) is 0 Å². The van der Waals surface area contributed by atoms with E-state index in [0.717, 1.165) is 26.1 Å². The first-order valence-corrected chi connectivity index (χ1v) is 6.88. The van der Waals surface area contributed by atoms with E-state index in [1.807, 2.05) is 0 Å². The van der Waals surface area contributed by atoms with Gasteiger partial charge in [0, 0.05) is 38.8 Å². The summed E-state index contributed by atoms with van der Waals surface area (Å²) in [5, 5.41) is 9.17. The van der Waals surface area contributed by atoms with Crippen LogP contribution in [0.4, 0.5) is 0 Å². The van der Waals surface area contributed by atoms with Gasteiger partial charge in [-0.25, -0.2) is 0 Å². The van der Waals surface area contributed by atoms with Crippen LogP contribution in [0.5, 0.6) is 0 Å². The van der Waals surface area contributed by atoms with E-state index in [1.165, 1.54) is 25.1 Å². The van der Waals surface area contributed by atoms with Crippen LogP contribution in [0, 0.1) is 0 Å². The summed E-state index contributed by atoms with van der Waals surface area (Å²) in [5.74, 6) is 0. The monoisotopic (exact) mass is 240 g/mol. The van der Waals surface area contributed by atoms with Crippen LogP contribution in [-0.4, -0.2) is 60.3 Å². The second-order valence-corrected chi connectivity index (χ2v) is 5.24. The van der Waals surface area contributed by atoms with E-state index in [-0.39, 0.29) is 0 Å². The predicted molar refractivity (Wildman–Crippen MR) is 73.2 cm³/mol. The van der Waals surface area contributed by atoms with Gasteiger partial charge in [-0.2, -0.15) is 0 Å². The van der Waals surface area contributed by atoms with Gasteiger partial charge in [-0.3, -0.25) is 4.90 Å². The third kappa shape index (κ3) is 5.19. The minimum Gasteiger partial charge on any atom is -0.396 e. The van der Waals surface area contributed by atoms with Crippen molar-refractivity contribution in [3.63, 3.8) is 0 Å². The molecule has 0 spiro atoms. The number of rotatable bonds is 6. The summed E-state index contributed by atoms with van der Waals surface area (Å²) < 4.78 is 0. The zero-order valence-corrected chi connectivity index (χ0v) is 11.7. The minimum absolute atomic E-state index is 0.302. The summed E-state index contributed by atoms with van der Waals surface area (Å²) in [7, 11) is 0. The molecule has 1 saturated heterocycles. The van der Waals surface area contributed by atoms with Crippen molar-refractivity contribution >= 4 is 0 Å². The Morgan fingerprint density at radius 2 is 2.12 bits per heavy atom. The molecule has 1 atom stereocenters. The van der Waals surface area contributed by atoms with E-state index in [4.69, 9.17) is 5.11 Å². The molecule has 0 saturated carbocycles. The summed E-state index contributed by atoms with van der Waals surface area (Å²) in [4.78, 5) is 5.04. The summed E-state index contributed by atoms with van der Waals surface area (Å²) in [6.45, 7) is 12.5. The first-order valence-electron chi connectivity index (χ1n) is 6.88. The number of hydrogen-bond acceptors (Lipinski definition) is 3. The van der Waals surface area contributed by atoms with Crippen LogP contribution in [0.3, 0.4) is 0 Å². The molecule has 0 bridgehead atoms. The topological polar surface area (TPSA) is 26.7 Å². The van der Waals surface area contributed by atoms with Gasteiger partial charge in [0.2, 0.25) is 0 Å². The summed E-state index contributed by atoms with van der Waals surface area (Å²) in [6.07, 6.45) is 4.41. The fourth-order valence-electron chi connectivity index (χ4n) is 2.44. The zero-order chi connectivity index (χ0) is 12.7. The lowest BCUT2D eigenvalue weighted by molar-refractivity contribution is 0.0678. The number of hydrogen-bond donors (Lipinski definition) is 1. The van der Waals surface area contributed by atoms with Crippen LogP contribution in [0.15, 0.2) is 11.6 Å². The van der Waals surface area contributed by atoms with Gasteiger partial charge >= 0.3 is 0 Å². The van der Waals surface area contributed by atoms with Crippen LogP contribution in [0.25, 0.3) is 0 Å². The van der Waals surface area contributed by atoms with Crippen molar-refractivity contribution in [1.29, 1.82) is 0 Å². The first-order chi connectivity index (χ1) is 8.17. The quantitative estimate of drug-likeness (QED) is 0.716. The molecular weight excluding hydrogens is 212 g/mol. The molecule has 3 nitrogen and oxygen atoms in total. The second-order valence-electron chi connectivity index (χ2n) is 5.24. The molecule has 0 radical (unpaired) electrons. The smallest absolute Gasteiger partial charge is 0.0446 e. The van der Waals surface area contributed by atoms with E-state index in [2.05, 4.69) is 36.6 Å². The standard InChI is InChI=1S/C14H28N2O/c1-4-7-15-9-10-16(8-5-13(2)3)14(12-15)6-11-17/h5,14,17H,4,6-12H2,1-3H3. The van der Waals surface area contributed by atoms with Crippen LogP contribution in [-0.2, 0) is 0 Å². The Kier molecular flexibility index (Phi) is 6.78. The minimum atomic E-state index is 0.302. The maximum absolute atomic E-state index is 9.17. The highest BCUT2D eigenvalue weighted by molar-refractivity contribution is 4.97. The number of aliphatic hydroxyl groups excluding tert-OH is 1. The molecule has 1 N–H and O–H groups in total. The molecule has 1 aliphatic rings. The van der Waals surface area contributed by atoms with Gasteiger partial charge in [0.05, 0.1) is 0 Å². The molecule has 3 heteroatoms. The molecule has 1 aliphatic heterocycles. The van der Waals surface area contributed by atoms with Gasteiger partial charge in [-0.1, -0.05) is 18.6 Å². The average molecular weight is 240 g/mol. The zero-order valence-electron chi connectivity index (χ0n) is 11.7. The third-order valence-electron chi connectivity index (χ3n) is 3.42. The molecule has 0 aromatic rings. The lowest BCUT2D eigenvalue weighted by atomic mass is 10.1. The maximum Gasteiger partial charge on any atom is 0.0446 e. The highest BCUT2D eigenvalue weighted by Crippen LogP contribution is 2.13. The second kappa shape index (κ2) is 7.85. The van der Waals surface area contributed by atoms with Gasteiger partial charge in [0.25, 0.3) is 0 Å². The van der Waals surface area contributed by atoms with E-state index >= 15 is 0 Å². The largest absolute Gasteiger partial charge is 0.396 e. The highest BCUT2D eigenvalue weighted by atomic mass is 16.3. The molecule has 0 amide bonds. The Morgan fingerprint density at radius 3 is 2.71 bits per heavy atom. The van der Waals surface area contributed by atoms with Crippen molar-refractivity contribution in [1.82, 2.24) is 9.80 Å². The first kappa shape index (κ1) is 14.7. The molecule has 17 heavy (non-hydrogen) atoms. The Balaban J connectivity index is 2.49. The maximum atomic E-state index is 9.17. The van der Waals surface area contributed by atoms with Crippen LogP contribution in [0.2, 0.25) is 0 Å². The molecule has 1 heterocycles. The van der Waals surface area contributed by atoms with Crippen LogP contribution >= 0.6 is 0 Å². The van der Waals surface area contributed by atoms with E-state index in [0.29, 0.717) is 12.6 Å². The third-order valence-corrected chi connectivity index (χ3v) is 3.42. The molecule has 100 valence electrons. The van der Waals surface area contributed by atoms with Gasteiger partial charge in [-0.15, -0.1) is 0 Å². The Morgan fingerprint density at radius 1 is 1.35 bits per heavy atom. The lowest BCUT2D eigenvalue weighted by Crippen LogP contribution is -2.53. The molecule has 0 aliphatic carbocycles. The van der Waals surface area contributed by atoms with Crippen molar-refractivity contribution in [2.24, 2.45) is 0 Å². The number of nitrogens with zero attached hydrogens (tertiary/aromatic N) is 2. The lowest BCUT2D eigenvalue weighted by Gasteiger charge is -2.41. The van der Waals surface area contributed by atoms with Crippen molar-refractivity contribution in [3.8, 4) is 0 Å². The number of allylic oxidation sites excluding steroid dienone is 1. The van der Waals surface area contributed by atoms with E-state index in [1.54, 1.807) is 0 Å². The number of aliphatic hydroxyl groups is 1. The fraction of sp³-hybridized carbons (Fsp3) is 0.857. The van der Waals surface area contributed by atoms with Gasteiger partial charge in [0.1, 0.15) is 0 Å². The fourth-order valence-corrected chi connectivity index (χ4v) is 2.44. The van der Waals surface area contributed by atoms with Crippen LogP contribution < -0.4 is 0 Å². The van der Waals surface area contributed by atoms with E-state index < -0.39 is 0 Å². The highest BCUT2D eigenvalue weighted by Gasteiger charge is 2.25. The molecule has 0 aromatic carbocycles. The van der Waals surface area contributed by atoms with Crippen molar-refractivity contribution in [2.75, 3.05) is 39.3 Å². The Hall–Kier alpha value is -0.380.